The fourth-order valence-electron chi connectivity index (χ4n) is 3.89. The lowest BCUT2D eigenvalue weighted by atomic mass is 10.0. The first-order chi connectivity index (χ1) is 13.8. The predicted octanol–water partition coefficient (Wildman–Crippen LogP) is 4.16. The SMILES string of the molecule is OC(COc1cccc2ccccc12)CN1CCC(Nc2ccccc2)CC1. The third-order valence-electron chi connectivity index (χ3n) is 5.38. The molecule has 146 valence electrons. The third-order valence-corrected chi connectivity index (χ3v) is 5.38. The summed E-state index contributed by atoms with van der Waals surface area (Å²) in [6.45, 7) is 2.96. The van der Waals surface area contributed by atoms with E-state index < -0.39 is 6.10 Å². The van der Waals surface area contributed by atoms with Crippen LogP contribution in [0.5, 0.6) is 5.75 Å². The Hall–Kier alpha value is -2.56. The number of nitrogens with one attached hydrogen (secondary N) is 1. The number of para-hydroxylation sites is 1. The van der Waals surface area contributed by atoms with Crippen molar-refractivity contribution in [1.82, 2.24) is 4.90 Å². The maximum Gasteiger partial charge on any atom is 0.127 e. The van der Waals surface area contributed by atoms with E-state index >= 15 is 0 Å². The fraction of sp³-hybridized carbons (Fsp3) is 0.333. The van der Waals surface area contributed by atoms with Crippen LogP contribution in [0.3, 0.4) is 0 Å². The molecule has 1 saturated heterocycles. The molecule has 0 spiro atoms. The molecule has 0 aromatic heterocycles. The van der Waals surface area contributed by atoms with E-state index in [1.165, 1.54) is 5.69 Å². The normalized spacial score (nSPS) is 16.8. The molecule has 0 bridgehead atoms. The molecule has 1 unspecified atom stereocenters. The average Bonchev–Trinajstić information content (AvgIpc) is 2.74. The van der Waals surface area contributed by atoms with Crippen molar-refractivity contribution in [2.24, 2.45) is 0 Å². The van der Waals surface area contributed by atoms with Gasteiger partial charge in [-0.05, 0) is 36.4 Å². The molecule has 28 heavy (non-hydrogen) atoms. The number of rotatable bonds is 7. The third kappa shape index (κ3) is 4.83. The van der Waals surface area contributed by atoms with Crippen molar-refractivity contribution < 1.29 is 9.84 Å². The van der Waals surface area contributed by atoms with Crippen LogP contribution in [-0.4, -0.2) is 48.4 Å². The smallest absolute Gasteiger partial charge is 0.127 e. The quantitative estimate of drug-likeness (QED) is 0.650. The number of likely N-dealkylation sites (tertiary alicyclic amines) is 1. The number of piperidine rings is 1. The number of benzene rings is 3. The molecule has 4 rings (SSSR count). The Balaban J connectivity index is 1.23. The topological polar surface area (TPSA) is 44.7 Å². The molecule has 0 radical (unpaired) electrons. The van der Waals surface area contributed by atoms with E-state index in [2.05, 4.69) is 52.7 Å². The summed E-state index contributed by atoms with van der Waals surface area (Å²) in [6, 6.07) is 25.1. The minimum absolute atomic E-state index is 0.316. The van der Waals surface area contributed by atoms with Gasteiger partial charge in [-0.1, -0.05) is 54.6 Å². The number of ether oxygens (including phenoxy) is 1. The molecule has 0 amide bonds. The highest BCUT2D eigenvalue weighted by Crippen LogP contribution is 2.25. The van der Waals surface area contributed by atoms with Crippen LogP contribution in [0.2, 0.25) is 0 Å². The molecule has 0 aliphatic carbocycles. The van der Waals surface area contributed by atoms with E-state index in [1.807, 2.05) is 30.3 Å². The van der Waals surface area contributed by atoms with Gasteiger partial charge in [-0.3, -0.25) is 0 Å². The molecule has 0 saturated carbocycles. The number of aliphatic hydroxyl groups excluding tert-OH is 1. The molecule has 1 fully saturated rings. The highest BCUT2D eigenvalue weighted by Gasteiger charge is 2.21. The van der Waals surface area contributed by atoms with Gasteiger partial charge < -0.3 is 20.1 Å². The van der Waals surface area contributed by atoms with Crippen molar-refractivity contribution in [2.75, 3.05) is 31.6 Å². The Kier molecular flexibility index (Phi) is 6.10. The van der Waals surface area contributed by atoms with Gasteiger partial charge in [-0.15, -0.1) is 0 Å². The zero-order valence-corrected chi connectivity index (χ0v) is 16.1. The van der Waals surface area contributed by atoms with Crippen LogP contribution >= 0.6 is 0 Å². The van der Waals surface area contributed by atoms with Gasteiger partial charge in [-0.25, -0.2) is 0 Å². The first-order valence-corrected chi connectivity index (χ1v) is 10.1. The number of hydrogen-bond acceptors (Lipinski definition) is 4. The first-order valence-electron chi connectivity index (χ1n) is 10.1. The first kappa shape index (κ1) is 18.8. The number of hydrogen-bond donors (Lipinski definition) is 2. The molecule has 1 atom stereocenters. The zero-order chi connectivity index (χ0) is 19.2. The van der Waals surface area contributed by atoms with Gasteiger partial charge in [0, 0.05) is 36.7 Å². The van der Waals surface area contributed by atoms with Gasteiger partial charge in [0.15, 0.2) is 0 Å². The summed E-state index contributed by atoms with van der Waals surface area (Å²) in [5.74, 6) is 0.836. The summed E-state index contributed by atoms with van der Waals surface area (Å²) >= 11 is 0. The van der Waals surface area contributed by atoms with E-state index in [9.17, 15) is 5.11 Å². The summed E-state index contributed by atoms with van der Waals surface area (Å²) < 4.78 is 5.93. The van der Waals surface area contributed by atoms with Crippen molar-refractivity contribution in [1.29, 1.82) is 0 Å². The summed E-state index contributed by atoms with van der Waals surface area (Å²) in [5.41, 5.74) is 1.18. The Morgan fingerprint density at radius 1 is 0.929 bits per heavy atom. The summed E-state index contributed by atoms with van der Waals surface area (Å²) in [5, 5.41) is 16.3. The van der Waals surface area contributed by atoms with Gasteiger partial charge in [0.05, 0.1) is 0 Å². The van der Waals surface area contributed by atoms with Crippen molar-refractivity contribution in [3.05, 3.63) is 72.8 Å². The van der Waals surface area contributed by atoms with Crippen LogP contribution in [0.25, 0.3) is 10.8 Å². The van der Waals surface area contributed by atoms with Crippen molar-refractivity contribution in [3.8, 4) is 5.75 Å². The zero-order valence-electron chi connectivity index (χ0n) is 16.1. The fourth-order valence-corrected chi connectivity index (χ4v) is 3.89. The van der Waals surface area contributed by atoms with E-state index in [0.29, 0.717) is 19.2 Å². The molecular weight excluding hydrogens is 348 g/mol. The highest BCUT2D eigenvalue weighted by molar-refractivity contribution is 5.88. The number of anilines is 1. The monoisotopic (exact) mass is 376 g/mol. The number of aliphatic hydroxyl groups is 1. The number of β-amino-alcohol motifs (C(OH)–C–C–N with tert-alkyl or cyclic N) is 1. The van der Waals surface area contributed by atoms with Crippen LogP contribution in [0, 0.1) is 0 Å². The summed E-state index contributed by atoms with van der Waals surface area (Å²) in [6.07, 6.45) is 1.69. The minimum atomic E-state index is -0.488. The molecular formula is C24H28N2O2. The highest BCUT2D eigenvalue weighted by atomic mass is 16.5. The maximum absolute atomic E-state index is 10.5. The second-order valence-electron chi connectivity index (χ2n) is 7.53. The molecule has 4 heteroatoms. The van der Waals surface area contributed by atoms with Gasteiger partial charge in [0.1, 0.15) is 18.5 Å². The maximum atomic E-state index is 10.5. The average molecular weight is 377 g/mol. The Bertz CT molecular complexity index is 871. The lowest BCUT2D eigenvalue weighted by molar-refractivity contribution is 0.0610. The van der Waals surface area contributed by atoms with E-state index in [-0.39, 0.29) is 0 Å². The Morgan fingerprint density at radius 3 is 2.46 bits per heavy atom. The van der Waals surface area contributed by atoms with Gasteiger partial charge in [0.2, 0.25) is 0 Å². The molecule has 4 nitrogen and oxygen atoms in total. The predicted molar refractivity (Wildman–Crippen MR) is 115 cm³/mol. The largest absolute Gasteiger partial charge is 0.490 e. The molecule has 1 heterocycles. The van der Waals surface area contributed by atoms with Crippen LogP contribution < -0.4 is 10.1 Å². The molecule has 1 aliphatic heterocycles. The Morgan fingerprint density at radius 2 is 1.64 bits per heavy atom. The van der Waals surface area contributed by atoms with E-state index in [0.717, 1.165) is 42.5 Å². The van der Waals surface area contributed by atoms with Gasteiger partial charge in [-0.2, -0.15) is 0 Å². The van der Waals surface area contributed by atoms with Crippen molar-refractivity contribution >= 4 is 16.5 Å². The van der Waals surface area contributed by atoms with Crippen LogP contribution in [0.4, 0.5) is 5.69 Å². The molecule has 3 aromatic rings. The standard InChI is InChI=1S/C24H28N2O2/c27-22(18-28-24-12-6-8-19-7-4-5-11-23(19)24)17-26-15-13-21(14-16-26)25-20-9-2-1-3-10-20/h1-12,21-22,25,27H,13-18H2. The Labute approximate surface area is 166 Å². The van der Waals surface area contributed by atoms with E-state index in [1.54, 1.807) is 0 Å². The lowest BCUT2D eigenvalue weighted by Crippen LogP contribution is -2.43. The van der Waals surface area contributed by atoms with Crippen LogP contribution in [-0.2, 0) is 0 Å². The second kappa shape index (κ2) is 9.09. The van der Waals surface area contributed by atoms with Crippen LogP contribution in [0.1, 0.15) is 12.8 Å². The summed E-state index contributed by atoms with van der Waals surface area (Å²) in [4.78, 5) is 2.33. The van der Waals surface area contributed by atoms with Crippen molar-refractivity contribution in [2.45, 2.75) is 25.0 Å². The van der Waals surface area contributed by atoms with Crippen LogP contribution in [0.15, 0.2) is 72.8 Å². The van der Waals surface area contributed by atoms with Crippen molar-refractivity contribution in [3.63, 3.8) is 0 Å². The molecule has 2 N–H and O–H groups in total. The number of fused-ring (bicyclic) bond motifs is 1. The molecule has 1 aliphatic rings. The van der Waals surface area contributed by atoms with Gasteiger partial charge in [0.25, 0.3) is 0 Å². The second-order valence-corrected chi connectivity index (χ2v) is 7.53. The van der Waals surface area contributed by atoms with Gasteiger partial charge >= 0.3 is 0 Å². The molecule has 3 aromatic carbocycles. The minimum Gasteiger partial charge on any atom is -0.490 e. The van der Waals surface area contributed by atoms with E-state index in [4.69, 9.17) is 4.74 Å². The lowest BCUT2D eigenvalue weighted by Gasteiger charge is -2.33. The number of nitrogens with zero attached hydrogens (tertiary/aromatic N) is 1. The summed E-state index contributed by atoms with van der Waals surface area (Å²) in [7, 11) is 0.